The van der Waals surface area contributed by atoms with Crippen molar-refractivity contribution in [2.45, 2.75) is 38.5 Å². The Morgan fingerprint density at radius 2 is 2.17 bits per heavy atom. The molecule has 0 aromatic carbocycles. The number of rotatable bonds is 5. The molecule has 0 saturated carbocycles. The first-order valence-corrected chi connectivity index (χ1v) is 9.74. The number of hydrogen-bond acceptors (Lipinski definition) is 4. The van der Waals surface area contributed by atoms with Crippen LogP contribution in [0.2, 0.25) is 0 Å². The van der Waals surface area contributed by atoms with Gasteiger partial charge in [0, 0.05) is 45.1 Å². The number of sulfone groups is 1. The molecule has 24 heavy (non-hydrogen) atoms. The van der Waals surface area contributed by atoms with Crippen LogP contribution in [0, 0.1) is 0 Å². The van der Waals surface area contributed by atoms with Crippen molar-refractivity contribution >= 4 is 39.8 Å². The zero-order chi connectivity index (χ0) is 16.9. The van der Waals surface area contributed by atoms with Crippen molar-refractivity contribution in [1.82, 2.24) is 20.0 Å². The lowest BCUT2D eigenvalue weighted by Crippen LogP contribution is -2.57. The van der Waals surface area contributed by atoms with Crippen LogP contribution in [0.5, 0.6) is 0 Å². The maximum absolute atomic E-state index is 12.1. The molecule has 0 spiro atoms. The van der Waals surface area contributed by atoms with Gasteiger partial charge in [0.2, 0.25) is 0 Å². The van der Waals surface area contributed by atoms with Gasteiger partial charge < -0.3 is 10.2 Å². The summed E-state index contributed by atoms with van der Waals surface area (Å²) in [7, 11) is -3.03. The number of guanidine groups is 1. The minimum Gasteiger partial charge on any atom is -0.357 e. The predicted molar refractivity (Wildman–Crippen MR) is 108 cm³/mol. The number of aryl methyl sites for hydroxylation is 1. The Morgan fingerprint density at radius 1 is 1.42 bits per heavy atom. The zero-order valence-corrected chi connectivity index (χ0v) is 17.8. The Labute approximate surface area is 161 Å². The number of nitrogens with one attached hydrogen (secondary N) is 1. The summed E-state index contributed by atoms with van der Waals surface area (Å²) in [5.74, 6) is 0.980. The van der Waals surface area contributed by atoms with Crippen molar-refractivity contribution in [3.05, 3.63) is 18.5 Å². The van der Waals surface area contributed by atoms with Crippen LogP contribution >= 0.6 is 24.0 Å². The number of hydrogen-bond donors (Lipinski definition) is 1. The first-order chi connectivity index (χ1) is 10.9. The molecule has 0 bridgehead atoms. The van der Waals surface area contributed by atoms with Gasteiger partial charge in [-0.2, -0.15) is 5.10 Å². The molecule has 1 aliphatic rings. The second-order valence-corrected chi connectivity index (χ2v) is 9.10. The molecule has 0 radical (unpaired) electrons. The topological polar surface area (TPSA) is 79.6 Å². The summed E-state index contributed by atoms with van der Waals surface area (Å²) < 4.78 is 25.4. The van der Waals surface area contributed by atoms with Gasteiger partial charge in [0.25, 0.3) is 0 Å². The summed E-state index contributed by atoms with van der Waals surface area (Å²) in [6.07, 6.45) is 4.60. The highest BCUT2D eigenvalue weighted by Gasteiger charge is 2.40. The third-order valence-corrected chi connectivity index (χ3v) is 6.58. The van der Waals surface area contributed by atoms with E-state index in [-0.39, 0.29) is 29.7 Å². The summed E-state index contributed by atoms with van der Waals surface area (Å²) in [5, 5.41) is 7.44. The molecule has 7 nitrogen and oxygen atoms in total. The predicted octanol–water partition coefficient (Wildman–Crippen LogP) is 1.37. The van der Waals surface area contributed by atoms with Crippen LogP contribution in [0.25, 0.3) is 0 Å². The maximum atomic E-state index is 12.1. The van der Waals surface area contributed by atoms with Crippen LogP contribution in [0.4, 0.5) is 0 Å². The summed E-state index contributed by atoms with van der Waals surface area (Å²) in [6, 6.07) is 1.91. The molecule has 1 aliphatic heterocycles. The molecule has 0 unspecified atom stereocenters. The molecule has 138 valence electrons. The molecule has 1 N–H and O–H groups in total. The van der Waals surface area contributed by atoms with E-state index in [1.54, 1.807) is 20.0 Å². The van der Waals surface area contributed by atoms with E-state index in [0.29, 0.717) is 19.6 Å². The molecule has 2 heterocycles. The number of nitrogens with zero attached hydrogens (tertiary/aromatic N) is 4. The van der Waals surface area contributed by atoms with Crippen LogP contribution in [0.3, 0.4) is 0 Å². The highest BCUT2D eigenvalue weighted by molar-refractivity contribution is 14.0. The van der Waals surface area contributed by atoms with Crippen LogP contribution in [-0.4, -0.2) is 65.7 Å². The maximum Gasteiger partial charge on any atom is 0.193 e. The van der Waals surface area contributed by atoms with E-state index in [2.05, 4.69) is 20.3 Å². The Bertz CT molecular complexity index is 628. The summed E-state index contributed by atoms with van der Waals surface area (Å²) in [6.45, 7) is 8.84. The van der Waals surface area contributed by atoms with Crippen molar-refractivity contribution in [2.75, 3.05) is 31.9 Å². The average Bonchev–Trinajstić information content (AvgIpc) is 2.98. The normalized spacial score (nSPS) is 19.6. The molecular weight excluding hydrogens is 441 g/mol. The van der Waals surface area contributed by atoms with Crippen molar-refractivity contribution < 1.29 is 8.42 Å². The first kappa shape index (κ1) is 21.2. The highest BCUT2D eigenvalue weighted by atomic mass is 127. The monoisotopic (exact) mass is 469 g/mol. The van der Waals surface area contributed by atoms with Crippen molar-refractivity contribution in [3.63, 3.8) is 0 Å². The molecule has 9 heteroatoms. The van der Waals surface area contributed by atoms with Gasteiger partial charge in [-0.05, 0) is 33.3 Å². The van der Waals surface area contributed by atoms with Gasteiger partial charge >= 0.3 is 0 Å². The van der Waals surface area contributed by atoms with E-state index in [9.17, 15) is 8.42 Å². The zero-order valence-electron chi connectivity index (χ0n) is 14.6. The van der Waals surface area contributed by atoms with E-state index in [4.69, 9.17) is 0 Å². The number of aromatic nitrogens is 2. The average molecular weight is 469 g/mol. The molecule has 0 atom stereocenters. The smallest absolute Gasteiger partial charge is 0.193 e. The lowest BCUT2D eigenvalue weighted by Gasteiger charge is -2.39. The van der Waals surface area contributed by atoms with Gasteiger partial charge in [0.1, 0.15) is 0 Å². The van der Waals surface area contributed by atoms with Gasteiger partial charge in [-0.1, -0.05) is 0 Å². The van der Waals surface area contributed by atoms with Gasteiger partial charge in [-0.3, -0.25) is 9.67 Å². The third-order valence-electron chi connectivity index (χ3n) is 4.04. The quantitative estimate of drug-likeness (QED) is 0.305. The lowest BCUT2D eigenvalue weighted by atomic mass is 10.2. The van der Waals surface area contributed by atoms with Crippen molar-refractivity contribution in [2.24, 2.45) is 4.99 Å². The Morgan fingerprint density at radius 3 is 2.75 bits per heavy atom. The van der Waals surface area contributed by atoms with Crippen LogP contribution in [0.15, 0.2) is 23.5 Å². The fraction of sp³-hybridized carbons (Fsp3) is 0.733. The lowest BCUT2D eigenvalue weighted by molar-refractivity contribution is 0.353. The van der Waals surface area contributed by atoms with Crippen molar-refractivity contribution in [3.8, 4) is 0 Å². The molecule has 1 saturated heterocycles. The standard InChI is InChI=1S/C15H27N5O2S.HI/c1-4-16-14(17-7-5-9-20-10-6-8-18-20)19-11-12-23(21,22)15(2,3)13-19;/h6,8,10H,4-5,7,9,11-13H2,1-3H3,(H,16,17);1H. The largest absolute Gasteiger partial charge is 0.357 e. The van der Waals surface area contributed by atoms with Crippen molar-refractivity contribution in [1.29, 1.82) is 0 Å². The Balaban J connectivity index is 0.00000288. The van der Waals surface area contributed by atoms with E-state index in [1.807, 2.05) is 23.9 Å². The first-order valence-electron chi connectivity index (χ1n) is 8.09. The summed E-state index contributed by atoms with van der Waals surface area (Å²) in [4.78, 5) is 6.70. The molecular formula is C15H28IN5O2S. The second-order valence-electron chi connectivity index (χ2n) is 6.36. The van der Waals surface area contributed by atoms with Crippen LogP contribution < -0.4 is 5.32 Å². The van der Waals surface area contributed by atoms with Crippen LogP contribution in [-0.2, 0) is 16.4 Å². The molecule has 2 rings (SSSR count). The minimum atomic E-state index is -3.03. The van der Waals surface area contributed by atoms with Gasteiger partial charge in [0.15, 0.2) is 15.8 Å². The number of halogens is 1. The highest BCUT2D eigenvalue weighted by Crippen LogP contribution is 2.23. The minimum absolute atomic E-state index is 0. The second kappa shape index (κ2) is 9.02. The van der Waals surface area contributed by atoms with Crippen LogP contribution in [0.1, 0.15) is 27.2 Å². The Hall–Kier alpha value is -0.840. The molecule has 0 aliphatic carbocycles. The fourth-order valence-corrected chi connectivity index (χ4v) is 3.97. The van der Waals surface area contributed by atoms with Gasteiger partial charge in [-0.25, -0.2) is 8.42 Å². The molecule has 0 amide bonds. The SMILES string of the molecule is CCNC(=NCCCn1cccn1)N1CCS(=O)(=O)C(C)(C)C1.I. The molecule has 1 fully saturated rings. The Kier molecular flexibility index (Phi) is 7.97. The summed E-state index contributed by atoms with van der Waals surface area (Å²) in [5.41, 5.74) is 0. The third kappa shape index (κ3) is 5.33. The fourth-order valence-electron chi connectivity index (χ4n) is 2.60. The molecule has 1 aromatic rings. The van der Waals surface area contributed by atoms with E-state index in [0.717, 1.165) is 25.5 Å². The van der Waals surface area contributed by atoms with Gasteiger partial charge in [-0.15, -0.1) is 24.0 Å². The van der Waals surface area contributed by atoms with E-state index in [1.165, 1.54) is 0 Å². The molecule has 1 aromatic heterocycles. The number of aliphatic imine (C=N–C) groups is 1. The van der Waals surface area contributed by atoms with Gasteiger partial charge in [0.05, 0.1) is 10.5 Å². The van der Waals surface area contributed by atoms with E-state index < -0.39 is 14.6 Å². The summed E-state index contributed by atoms with van der Waals surface area (Å²) >= 11 is 0. The van der Waals surface area contributed by atoms with E-state index >= 15 is 0 Å².